The monoisotopic (exact) mass is 399 g/mol. The van der Waals surface area contributed by atoms with Crippen molar-refractivity contribution in [3.05, 3.63) is 30.1 Å². The summed E-state index contributed by atoms with van der Waals surface area (Å²) < 4.78 is 0. The Morgan fingerprint density at radius 3 is 2.72 bits per heavy atom. The molecule has 29 heavy (non-hydrogen) atoms. The van der Waals surface area contributed by atoms with Crippen molar-refractivity contribution in [2.75, 3.05) is 13.1 Å². The van der Waals surface area contributed by atoms with Gasteiger partial charge in [-0.3, -0.25) is 19.5 Å². The van der Waals surface area contributed by atoms with Gasteiger partial charge in [-0.25, -0.2) is 4.79 Å². The van der Waals surface area contributed by atoms with E-state index in [1.165, 1.54) is 11.3 Å². The maximum Gasteiger partial charge on any atom is 0.327 e. The molecule has 3 fully saturated rings. The van der Waals surface area contributed by atoms with Gasteiger partial charge >= 0.3 is 6.03 Å². The first-order valence-electron chi connectivity index (χ1n) is 10.7. The minimum atomic E-state index is -0.465. The SMILES string of the molecule is O=C(CN1C(=O)N(Cc2ccccn2)C(=O)C2NCCCC21)NC1CCCCC1. The number of imide groups is 1. The van der Waals surface area contributed by atoms with Crippen LogP contribution >= 0.6 is 0 Å². The standard InChI is InChI=1S/C21H29N5O3/c27-18(24-15-7-2-1-3-8-15)14-25-17-10-6-12-23-19(17)20(28)26(21(25)29)13-16-9-4-5-11-22-16/h4-5,9,11,15,17,19,23H,1-3,6-8,10,12-14H2,(H,24,27). The van der Waals surface area contributed by atoms with Crippen LogP contribution in [0.3, 0.4) is 0 Å². The summed E-state index contributed by atoms with van der Waals surface area (Å²) in [5.41, 5.74) is 0.648. The van der Waals surface area contributed by atoms with E-state index in [4.69, 9.17) is 0 Å². The van der Waals surface area contributed by atoms with Crippen molar-refractivity contribution in [3.8, 4) is 0 Å². The van der Waals surface area contributed by atoms with Gasteiger partial charge in [-0.05, 0) is 44.4 Å². The average Bonchev–Trinajstić information content (AvgIpc) is 2.75. The first-order chi connectivity index (χ1) is 14.1. The van der Waals surface area contributed by atoms with Gasteiger partial charge in [-0.2, -0.15) is 0 Å². The smallest absolute Gasteiger partial charge is 0.327 e. The number of nitrogens with zero attached hydrogens (tertiary/aromatic N) is 3. The summed E-state index contributed by atoms with van der Waals surface area (Å²) >= 11 is 0. The topological polar surface area (TPSA) is 94.6 Å². The van der Waals surface area contributed by atoms with Gasteiger partial charge in [0.05, 0.1) is 18.3 Å². The van der Waals surface area contributed by atoms with Crippen molar-refractivity contribution >= 4 is 17.8 Å². The van der Waals surface area contributed by atoms with Crippen LogP contribution in [0.4, 0.5) is 4.79 Å². The highest BCUT2D eigenvalue weighted by Crippen LogP contribution is 2.26. The van der Waals surface area contributed by atoms with Gasteiger partial charge in [0.15, 0.2) is 0 Å². The molecule has 1 aliphatic carbocycles. The van der Waals surface area contributed by atoms with E-state index in [-0.39, 0.29) is 37.0 Å². The quantitative estimate of drug-likeness (QED) is 0.781. The Morgan fingerprint density at radius 1 is 1.14 bits per heavy atom. The number of carbonyl (C=O) groups excluding carboxylic acids is 3. The van der Waals surface area contributed by atoms with Crippen molar-refractivity contribution in [3.63, 3.8) is 0 Å². The Hall–Kier alpha value is -2.48. The zero-order chi connectivity index (χ0) is 20.2. The molecule has 0 spiro atoms. The maximum atomic E-state index is 13.2. The first kappa shape index (κ1) is 19.8. The third-order valence-electron chi connectivity index (χ3n) is 6.17. The van der Waals surface area contributed by atoms with Crippen LogP contribution in [0, 0.1) is 0 Å². The fourth-order valence-corrected chi connectivity index (χ4v) is 4.68. The Bertz CT molecular complexity index is 750. The van der Waals surface area contributed by atoms with Gasteiger partial charge in [0.2, 0.25) is 11.8 Å². The number of carbonyl (C=O) groups is 3. The minimum absolute atomic E-state index is 0.00974. The lowest BCUT2D eigenvalue weighted by molar-refractivity contribution is -0.139. The predicted octanol–water partition coefficient (Wildman–Crippen LogP) is 1.42. The lowest BCUT2D eigenvalue weighted by Crippen LogP contribution is -2.70. The second-order valence-corrected chi connectivity index (χ2v) is 8.20. The number of nitrogens with one attached hydrogen (secondary N) is 2. The molecule has 8 nitrogen and oxygen atoms in total. The normalized spacial score (nSPS) is 25.7. The van der Waals surface area contributed by atoms with Gasteiger partial charge in [-0.1, -0.05) is 25.3 Å². The zero-order valence-corrected chi connectivity index (χ0v) is 16.7. The number of hydrogen-bond acceptors (Lipinski definition) is 5. The van der Waals surface area contributed by atoms with Crippen LogP contribution in [0.2, 0.25) is 0 Å². The molecule has 2 N–H and O–H groups in total. The molecule has 3 aliphatic rings. The van der Waals surface area contributed by atoms with Gasteiger partial charge in [0.1, 0.15) is 12.6 Å². The molecule has 4 rings (SSSR count). The number of pyridine rings is 1. The van der Waals surface area contributed by atoms with Crippen LogP contribution in [-0.4, -0.2) is 63.8 Å². The number of piperidine rings is 1. The van der Waals surface area contributed by atoms with Crippen LogP contribution in [0.5, 0.6) is 0 Å². The fourth-order valence-electron chi connectivity index (χ4n) is 4.68. The number of fused-ring (bicyclic) bond motifs is 1. The molecule has 2 unspecified atom stereocenters. The molecule has 8 heteroatoms. The molecule has 2 aliphatic heterocycles. The summed E-state index contributed by atoms with van der Waals surface area (Å²) in [5, 5.41) is 6.34. The molecule has 4 amide bonds. The number of aromatic nitrogens is 1. The van der Waals surface area contributed by atoms with Crippen molar-refractivity contribution in [2.24, 2.45) is 0 Å². The van der Waals surface area contributed by atoms with Crippen molar-refractivity contribution in [1.82, 2.24) is 25.4 Å². The third-order valence-corrected chi connectivity index (χ3v) is 6.17. The first-order valence-corrected chi connectivity index (χ1v) is 10.7. The van der Waals surface area contributed by atoms with Gasteiger partial charge < -0.3 is 15.5 Å². The average molecular weight is 399 g/mol. The molecule has 0 radical (unpaired) electrons. The summed E-state index contributed by atoms with van der Waals surface area (Å²) in [5.74, 6) is -0.365. The third kappa shape index (κ3) is 4.42. The summed E-state index contributed by atoms with van der Waals surface area (Å²) in [7, 11) is 0. The Balaban J connectivity index is 1.49. The van der Waals surface area contributed by atoms with Crippen LogP contribution in [-0.2, 0) is 16.1 Å². The largest absolute Gasteiger partial charge is 0.352 e. The molecule has 1 aromatic heterocycles. The lowest BCUT2D eigenvalue weighted by atomic mass is 9.93. The van der Waals surface area contributed by atoms with Crippen molar-refractivity contribution in [2.45, 2.75) is 69.6 Å². The Kier molecular flexibility index (Phi) is 6.08. The van der Waals surface area contributed by atoms with Gasteiger partial charge in [0.25, 0.3) is 0 Å². The Morgan fingerprint density at radius 2 is 1.97 bits per heavy atom. The fraction of sp³-hybridized carbons (Fsp3) is 0.619. The second-order valence-electron chi connectivity index (χ2n) is 8.20. The maximum absolute atomic E-state index is 13.2. The molecule has 2 saturated heterocycles. The molecular weight excluding hydrogens is 370 g/mol. The van der Waals surface area contributed by atoms with E-state index < -0.39 is 12.1 Å². The molecule has 0 aromatic carbocycles. The van der Waals surface area contributed by atoms with E-state index in [0.717, 1.165) is 45.1 Å². The molecule has 1 aromatic rings. The van der Waals surface area contributed by atoms with E-state index >= 15 is 0 Å². The molecule has 2 atom stereocenters. The van der Waals surface area contributed by atoms with E-state index in [1.54, 1.807) is 23.2 Å². The number of rotatable bonds is 5. The van der Waals surface area contributed by atoms with Gasteiger partial charge in [0, 0.05) is 12.2 Å². The summed E-state index contributed by atoms with van der Waals surface area (Å²) in [6.07, 6.45) is 8.73. The number of amides is 4. The molecule has 0 bridgehead atoms. The lowest BCUT2D eigenvalue weighted by Gasteiger charge is -2.46. The highest BCUT2D eigenvalue weighted by molar-refractivity contribution is 6.01. The summed E-state index contributed by atoms with van der Waals surface area (Å²) in [6.45, 7) is 0.842. The van der Waals surface area contributed by atoms with Crippen molar-refractivity contribution in [1.29, 1.82) is 0 Å². The van der Waals surface area contributed by atoms with E-state index in [9.17, 15) is 14.4 Å². The predicted molar refractivity (Wildman–Crippen MR) is 107 cm³/mol. The van der Waals surface area contributed by atoms with Crippen LogP contribution < -0.4 is 10.6 Å². The molecule has 3 heterocycles. The highest BCUT2D eigenvalue weighted by Gasteiger charge is 2.47. The highest BCUT2D eigenvalue weighted by atomic mass is 16.2. The van der Waals surface area contributed by atoms with Crippen LogP contribution in [0.25, 0.3) is 0 Å². The van der Waals surface area contributed by atoms with E-state index in [0.29, 0.717) is 5.69 Å². The van der Waals surface area contributed by atoms with E-state index in [2.05, 4.69) is 15.6 Å². The van der Waals surface area contributed by atoms with Crippen LogP contribution in [0.15, 0.2) is 24.4 Å². The molecule has 156 valence electrons. The summed E-state index contributed by atoms with van der Waals surface area (Å²) in [6, 6.07) is 4.48. The molecular formula is C21H29N5O3. The number of urea groups is 1. The molecule has 1 saturated carbocycles. The van der Waals surface area contributed by atoms with E-state index in [1.807, 2.05) is 6.07 Å². The minimum Gasteiger partial charge on any atom is -0.352 e. The second kappa shape index (κ2) is 8.90. The summed E-state index contributed by atoms with van der Waals surface area (Å²) in [4.78, 5) is 46.0. The van der Waals surface area contributed by atoms with Crippen molar-refractivity contribution < 1.29 is 14.4 Å². The van der Waals surface area contributed by atoms with Crippen LogP contribution in [0.1, 0.15) is 50.6 Å². The van der Waals surface area contributed by atoms with Gasteiger partial charge in [-0.15, -0.1) is 0 Å². The zero-order valence-electron chi connectivity index (χ0n) is 16.7. The number of hydrogen-bond donors (Lipinski definition) is 2. The Labute approximate surface area is 171 Å².